The first-order valence-electron chi connectivity index (χ1n) is 13.3. The van der Waals surface area contributed by atoms with Crippen molar-refractivity contribution >= 4 is 58.8 Å². The number of carbonyl (C=O) groups excluding carboxylic acids is 4. The molecule has 3 N–H and O–H groups in total. The number of carboxylic acids is 1. The van der Waals surface area contributed by atoms with Crippen LogP contribution in [0.2, 0.25) is 0 Å². The van der Waals surface area contributed by atoms with E-state index in [2.05, 4.69) is 10.6 Å². The molecule has 0 bridgehead atoms. The zero-order valence-corrected chi connectivity index (χ0v) is 23.7. The number of nitrogens with one attached hydrogen (secondary N) is 2. The number of imide groups is 1. The lowest BCUT2D eigenvalue weighted by Crippen LogP contribution is -2.31. The second-order valence-electron chi connectivity index (χ2n) is 9.65. The van der Waals surface area contributed by atoms with Crippen LogP contribution in [0, 0.1) is 5.82 Å². The van der Waals surface area contributed by atoms with Gasteiger partial charge in [0.15, 0.2) is 0 Å². The number of aromatic carboxylic acids is 1. The van der Waals surface area contributed by atoms with Crippen molar-refractivity contribution in [1.29, 1.82) is 0 Å². The molecule has 4 aromatic carbocycles. The van der Waals surface area contributed by atoms with Gasteiger partial charge in [0.25, 0.3) is 11.8 Å². The highest BCUT2D eigenvalue weighted by Gasteiger charge is 2.40. The van der Waals surface area contributed by atoms with Crippen molar-refractivity contribution in [3.05, 3.63) is 131 Å². The molecule has 1 aliphatic rings. The van der Waals surface area contributed by atoms with Gasteiger partial charge in [-0.05, 0) is 78.4 Å². The summed E-state index contributed by atoms with van der Waals surface area (Å²) in [7, 11) is 0. The second kappa shape index (κ2) is 13.2. The first-order valence-corrected chi connectivity index (χ1v) is 14.2. The summed E-state index contributed by atoms with van der Waals surface area (Å²) in [6.07, 6.45) is 1.30. The molecule has 4 aromatic rings. The van der Waals surface area contributed by atoms with Gasteiger partial charge in [-0.15, -0.1) is 11.8 Å². The summed E-state index contributed by atoms with van der Waals surface area (Å²) in [6.45, 7) is 0. The SMILES string of the molecule is O=C(Nc1cccc(S[C@@H]2CC(=O)N(c3ccc(C(=O)O)cc3)C2=O)c1)/C(=C/c1cccc(F)c1)NC(=O)c1ccccc1. The van der Waals surface area contributed by atoms with E-state index in [4.69, 9.17) is 5.11 Å². The molecular formula is C33H24FN3O6S. The van der Waals surface area contributed by atoms with Crippen molar-refractivity contribution in [2.45, 2.75) is 16.6 Å². The van der Waals surface area contributed by atoms with E-state index in [1.165, 1.54) is 48.5 Å². The number of rotatable bonds is 9. The van der Waals surface area contributed by atoms with Crippen LogP contribution in [-0.4, -0.2) is 40.0 Å². The van der Waals surface area contributed by atoms with Gasteiger partial charge in [0, 0.05) is 22.6 Å². The van der Waals surface area contributed by atoms with Crippen LogP contribution in [0.3, 0.4) is 0 Å². The average Bonchev–Trinajstić information content (AvgIpc) is 3.29. The minimum absolute atomic E-state index is 0.0335. The van der Waals surface area contributed by atoms with Crippen LogP contribution < -0.4 is 15.5 Å². The van der Waals surface area contributed by atoms with Gasteiger partial charge < -0.3 is 15.7 Å². The van der Waals surface area contributed by atoms with Crippen LogP contribution in [0.15, 0.2) is 114 Å². The normalized spacial score (nSPS) is 14.8. The maximum Gasteiger partial charge on any atom is 0.335 e. The Balaban J connectivity index is 1.31. The number of halogens is 1. The molecule has 1 atom stereocenters. The zero-order chi connectivity index (χ0) is 31.2. The van der Waals surface area contributed by atoms with Crippen molar-refractivity contribution in [2.75, 3.05) is 10.2 Å². The molecule has 1 aliphatic heterocycles. The maximum absolute atomic E-state index is 13.8. The van der Waals surface area contributed by atoms with E-state index in [0.717, 1.165) is 16.7 Å². The maximum atomic E-state index is 13.8. The number of amides is 4. The third-order valence-electron chi connectivity index (χ3n) is 6.54. The van der Waals surface area contributed by atoms with E-state index in [1.807, 2.05) is 0 Å². The number of hydrogen-bond acceptors (Lipinski definition) is 6. The van der Waals surface area contributed by atoms with Crippen LogP contribution in [0.5, 0.6) is 0 Å². The zero-order valence-electron chi connectivity index (χ0n) is 22.9. The van der Waals surface area contributed by atoms with Gasteiger partial charge in [0.1, 0.15) is 11.5 Å². The number of carboxylic acid groups (broad SMARTS) is 1. The lowest BCUT2D eigenvalue weighted by Gasteiger charge is -2.15. The topological polar surface area (TPSA) is 133 Å². The Morgan fingerprint density at radius 2 is 1.59 bits per heavy atom. The van der Waals surface area contributed by atoms with Gasteiger partial charge in [0.05, 0.1) is 16.5 Å². The molecule has 0 radical (unpaired) electrons. The molecule has 0 saturated carbocycles. The second-order valence-corrected chi connectivity index (χ2v) is 10.9. The van der Waals surface area contributed by atoms with Crippen LogP contribution >= 0.6 is 11.8 Å². The van der Waals surface area contributed by atoms with E-state index in [-0.39, 0.29) is 23.4 Å². The molecule has 9 nitrogen and oxygen atoms in total. The summed E-state index contributed by atoms with van der Waals surface area (Å²) < 4.78 is 13.8. The summed E-state index contributed by atoms with van der Waals surface area (Å²) in [4.78, 5) is 64.8. The van der Waals surface area contributed by atoms with Crippen LogP contribution in [0.25, 0.3) is 6.08 Å². The molecule has 220 valence electrons. The molecule has 0 aliphatic carbocycles. The van der Waals surface area contributed by atoms with Crippen LogP contribution in [-0.2, 0) is 14.4 Å². The molecule has 0 unspecified atom stereocenters. The summed E-state index contributed by atoms with van der Waals surface area (Å²) >= 11 is 1.15. The lowest BCUT2D eigenvalue weighted by atomic mass is 10.1. The van der Waals surface area contributed by atoms with E-state index in [0.29, 0.717) is 21.7 Å². The van der Waals surface area contributed by atoms with Gasteiger partial charge in [0.2, 0.25) is 11.8 Å². The van der Waals surface area contributed by atoms with E-state index in [9.17, 15) is 28.4 Å². The Bertz CT molecular complexity index is 1790. The molecule has 1 heterocycles. The standard InChI is InChI=1S/C33H24FN3O6S/c34-23-9-4-6-20(16-23)17-27(36-30(39)21-7-2-1-3-8-21)31(40)35-24-10-5-11-26(18-24)44-28-19-29(38)37(32(28)41)25-14-12-22(13-15-25)33(42)43/h1-18,28H,19H2,(H,35,40)(H,36,39)(H,42,43)/b27-17-/t28-/m1/s1. The highest BCUT2D eigenvalue weighted by Crippen LogP contribution is 2.35. The molecule has 1 saturated heterocycles. The van der Waals surface area contributed by atoms with E-state index in [1.54, 1.807) is 60.7 Å². The fourth-order valence-electron chi connectivity index (χ4n) is 4.44. The van der Waals surface area contributed by atoms with Gasteiger partial charge in [-0.3, -0.25) is 19.2 Å². The third kappa shape index (κ3) is 7.08. The number of nitrogens with zero attached hydrogens (tertiary/aromatic N) is 1. The minimum atomic E-state index is -1.12. The Morgan fingerprint density at radius 1 is 0.864 bits per heavy atom. The number of benzene rings is 4. The van der Waals surface area contributed by atoms with Crippen molar-refractivity contribution in [1.82, 2.24) is 5.32 Å². The quantitative estimate of drug-likeness (QED) is 0.172. The number of carbonyl (C=O) groups is 5. The predicted molar refractivity (Wildman–Crippen MR) is 164 cm³/mol. The molecule has 44 heavy (non-hydrogen) atoms. The fourth-order valence-corrected chi connectivity index (χ4v) is 5.55. The summed E-state index contributed by atoms with van der Waals surface area (Å²) in [5.74, 6) is -3.68. The smallest absolute Gasteiger partial charge is 0.335 e. The van der Waals surface area contributed by atoms with Gasteiger partial charge in [-0.1, -0.05) is 36.4 Å². The van der Waals surface area contributed by atoms with Crippen molar-refractivity contribution in [2.24, 2.45) is 0 Å². The summed E-state index contributed by atoms with van der Waals surface area (Å²) in [5.41, 5.74) is 1.24. The summed E-state index contributed by atoms with van der Waals surface area (Å²) in [5, 5.41) is 13.7. The highest BCUT2D eigenvalue weighted by molar-refractivity contribution is 8.00. The van der Waals surface area contributed by atoms with Gasteiger partial charge in [-0.2, -0.15) is 0 Å². The van der Waals surface area contributed by atoms with Crippen LogP contribution in [0.1, 0.15) is 32.7 Å². The van der Waals surface area contributed by atoms with E-state index < -0.39 is 40.7 Å². The largest absolute Gasteiger partial charge is 0.478 e. The molecule has 1 fully saturated rings. The molecule has 4 amide bonds. The molecule has 5 rings (SSSR count). The highest BCUT2D eigenvalue weighted by atomic mass is 32.2. The average molecular weight is 610 g/mol. The number of thioether (sulfide) groups is 1. The van der Waals surface area contributed by atoms with Crippen molar-refractivity contribution in [3.63, 3.8) is 0 Å². The third-order valence-corrected chi connectivity index (χ3v) is 7.72. The van der Waals surface area contributed by atoms with Gasteiger partial charge in [-0.25, -0.2) is 14.1 Å². The molecule has 0 aromatic heterocycles. The fraction of sp³-hybridized carbons (Fsp3) is 0.0606. The Kier molecular flexibility index (Phi) is 8.96. The Morgan fingerprint density at radius 3 is 2.30 bits per heavy atom. The van der Waals surface area contributed by atoms with Crippen molar-refractivity contribution < 1.29 is 33.5 Å². The first kappa shape index (κ1) is 29.9. The number of anilines is 2. The number of hydrogen-bond donors (Lipinski definition) is 3. The molecule has 11 heteroatoms. The molecule has 0 spiro atoms. The van der Waals surface area contributed by atoms with Crippen LogP contribution in [0.4, 0.5) is 15.8 Å². The lowest BCUT2D eigenvalue weighted by molar-refractivity contribution is -0.121. The Hall–Kier alpha value is -5.55. The van der Waals surface area contributed by atoms with Crippen molar-refractivity contribution in [3.8, 4) is 0 Å². The minimum Gasteiger partial charge on any atom is -0.478 e. The molecular weight excluding hydrogens is 585 g/mol. The monoisotopic (exact) mass is 609 g/mol. The predicted octanol–water partition coefficient (Wildman–Crippen LogP) is 5.36. The van der Waals surface area contributed by atoms with Gasteiger partial charge >= 0.3 is 5.97 Å². The summed E-state index contributed by atoms with van der Waals surface area (Å²) in [6, 6.07) is 26.0. The Labute approximate surface area is 255 Å². The van der Waals surface area contributed by atoms with E-state index >= 15 is 0 Å². The first-order chi connectivity index (χ1) is 21.2.